The maximum Gasteiger partial charge on any atom is 0.175 e. The van der Waals surface area contributed by atoms with Gasteiger partial charge in [-0.2, -0.15) is 0 Å². The minimum absolute atomic E-state index is 0.249. The fourth-order valence-corrected chi connectivity index (χ4v) is 3.05. The predicted molar refractivity (Wildman–Crippen MR) is 65.9 cm³/mol. The molecule has 17 heavy (non-hydrogen) atoms. The molecule has 1 aliphatic rings. The zero-order valence-electron chi connectivity index (χ0n) is 10.1. The van der Waals surface area contributed by atoms with E-state index >= 15 is 0 Å². The Bertz CT molecular complexity index is 501. The average molecular weight is 255 g/mol. The third-order valence-electron chi connectivity index (χ3n) is 3.21. The monoisotopic (exact) mass is 255 g/mol. The predicted octanol–water partition coefficient (Wildman–Crippen LogP) is 0.621. The lowest BCUT2D eigenvalue weighted by molar-refractivity contribution is -0.0506. The SMILES string of the molecule is COC1(Cc2ccccc2S(C)(=O)=O)CNC1. The van der Waals surface area contributed by atoms with Crippen LogP contribution in [-0.2, 0) is 21.0 Å². The van der Waals surface area contributed by atoms with Gasteiger partial charge in [-0.15, -0.1) is 0 Å². The van der Waals surface area contributed by atoms with Crippen LogP contribution in [0.2, 0.25) is 0 Å². The summed E-state index contributed by atoms with van der Waals surface area (Å²) in [6.07, 6.45) is 1.87. The van der Waals surface area contributed by atoms with Gasteiger partial charge < -0.3 is 10.1 Å². The molecular weight excluding hydrogens is 238 g/mol. The minimum atomic E-state index is -3.17. The molecule has 1 fully saturated rings. The van der Waals surface area contributed by atoms with Crippen LogP contribution in [-0.4, -0.2) is 40.5 Å². The van der Waals surface area contributed by atoms with E-state index in [9.17, 15) is 8.42 Å². The molecule has 2 rings (SSSR count). The van der Waals surface area contributed by atoms with Crippen molar-refractivity contribution in [3.05, 3.63) is 29.8 Å². The van der Waals surface area contributed by atoms with E-state index in [1.54, 1.807) is 19.2 Å². The van der Waals surface area contributed by atoms with Crippen LogP contribution in [0.4, 0.5) is 0 Å². The van der Waals surface area contributed by atoms with Crippen molar-refractivity contribution in [3.8, 4) is 0 Å². The van der Waals surface area contributed by atoms with Crippen molar-refractivity contribution >= 4 is 9.84 Å². The van der Waals surface area contributed by atoms with Crippen molar-refractivity contribution in [2.24, 2.45) is 0 Å². The largest absolute Gasteiger partial charge is 0.375 e. The Labute approximate surface area is 102 Å². The molecule has 5 heteroatoms. The number of nitrogens with one attached hydrogen (secondary N) is 1. The highest BCUT2D eigenvalue weighted by Gasteiger charge is 2.37. The standard InChI is InChI=1S/C12H17NO3S/c1-16-12(8-13-9-12)7-10-5-3-4-6-11(10)17(2,14)15/h3-6,13H,7-9H2,1-2H3. The molecule has 0 aliphatic carbocycles. The third-order valence-corrected chi connectivity index (χ3v) is 4.41. The van der Waals surface area contributed by atoms with Gasteiger partial charge in [-0.3, -0.25) is 0 Å². The molecule has 0 spiro atoms. The Morgan fingerprint density at radius 2 is 2.00 bits per heavy atom. The van der Waals surface area contributed by atoms with Crippen LogP contribution in [0.5, 0.6) is 0 Å². The van der Waals surface area contributed by atoms with Gasteiger partial charge in [0, 0.05) is 32.9 Å². The number of rotatable bonds is 4. The Balaban J connectivity index is 2.33. The summed E-state index contributed by atoms with van der Waals surface area (Å²) in [5.74, 6) is 0. The lowest BCUT2D eigenvalue weighted by Crippen LogP contribution is -2.62. The van der Waals surface area contributed by atoms with Crippen molar-refractivity contribution in [2.45, 2.75) is 16.9 Å². The van der Waals surface area contributed by atoms with E-state index < -0.39 is 9.84 Å². The average Bonchev–Trinajstić information content (AvgIpc) is 2.23. The highest BCUT2D eigenvalue weighted by molar-refractivity contribution is 7.90. The van der Waals surface area contributed by atoms with Crippen LogP contribution in [0.25, 0.3) is 0 Å². The van der Waals surface area contributed by atoms with Gasteiger partial charge in [0.2, 0.25) is 0 Å². The molecular formula is C12H17NO3S. The molecule has 1 heterocycles. The summed E-state index contributed by atoms with van der Waals surface area (Å²) >= 11 is 0. The molecule has 0 radical (unpaired) electrons. The van der Waals surface area contributed by atoms with Crippen LogP contribution in [0, 0.1) is 0 Å². The first-order valence-corrected chi connectivity index (χ1v) is 7.40. The quantitative estimate of drug-likeness (QED) is 0.857. The first-order chi connectivity index (χ1) is 7.97. The van der Waals surface area contributed by atoms with Crippen molar-refractivity contribution < 1.29 is 13.2 Å². The fraction of sp³-hybridized carbons (Fsp3) is 0.500. The molecule has 94 valence electrons. The summed E-state index contributed by atoms with van der Waals surface area (Å²) in [7, 11) is -1.50. The Kier molecular flexibility index (Phi) is 3.25. The summed E-state index contributed by atoms with van der Waals surface area (Å²) in [5, 5.41) is 3.16. The molecule has 1 aliphatic heterocycles. The van der Waals surface area contributed by atoms with Crippen molar-refractivity contribution in [3.63, 3.8) is 0 Å². The second kappa shape index (κ2) is 4.40. The topological polar surface area (TPSA) is 55.4 Å². The van der Waals surface area contributed by atoms with E-state index in [2.05, 4.69) is 5.32 Å². The van der Waals surface area contributed by atoms with Crippen LogP contribution >= 0.6 is 0 Å². The van der Waals surface area contributed by atoms with E-state index in [0.29, 0.717) is 11.3 Å². The van der Waals surface area contributed by atoms with Crippen LogP contribution in [0.15, 0.2) is 29.2 Å². The number of ether oxygens (including phenoxy) is 1. The molecule has 4 nitrogen and oxygen atoms in total. The molecule has 0 saturated carbocycles. The normalized spacial score (nSPS) is 18.7. The summed E-state index contributed by atoms with van der Waals surface area (Å²) in [4.78, 5) is 0.406. The molecule has 0 aromatic heterocycles. The second-order valence-corrected chi connectivity index (χ2v) is 6.53. The van der Waals surface area contributed by atoms with Crippen LogP contribution in [0.3, 0.4) is 0 Å². The molecule has 1 saturated heterocycles. The van der Waals surface area contributed by atoms with E-state index in [0.717, 1.165) is 18.7 Å². The van der Waals surface area contributed by atoms with Crippen molar-refractivity contribution in [1.82, 2.24) is 5.32 Å². The van der Waals surface area contributed by atoms with Gasteiger partial charge in [0.05, 0.1) is 10.5 Å². The summed E-state index contributed by atoms with van der Waals surface area (Å²) in [6, 6.07) is 7.12. The summed E-state index contributed by atoms with van der Waals surface area (Å²) in [5.41, 5.74) is 0.583. The van der Waals surface area contributed by atoms with Gasteiger partial charge >= 0.3 is 0 Å². The number of sulfone groups is 1. The van der Waals surface area contributed by atoms with E-state index in [1.165, 1.54) is 6.26 Å². The maximum absolute atomic E-state index is 11.7. The molecule has 0 unspecified atom stereocenters. The van der Waals surface area contributed by atoms with Gasteiger partial charge in [-0.25, -0.2) is 8.42 Å². The summed E-state index contributed by atoms with van der Waals surface area (Å²) in [6.45, 7) is 1.53. The molecule has 0 amide bonds. The molecule has 0 atom stereocenters. The fourth-order valence-electron chi connectivity index (χ4n) is 2.10. The Morgan fingerprint density at radius 1 is 1.35 bits per heavy atom. The van der Waals surface area contributed by atoms with Crippen LogP contribution < -0.4 is 5.32 Å². The molecule has 1 aromatic carbocycles. The smallest absolute Gasteiger partial charge is 0.175 e. The van der Waals surface area contributed by atoms with Gasteiger partial charge in [0.25, 0.3) is 0 Å². The lowest BCUT2D eigenvalue weighted by Gasteiger charge is -2.41. The molecule has 1 N–H and O–H groups in total. The van der Waals surface area contributed by atoms with Gasteiger partial charge in [-0.1, -0.05) is 18.2 Å². The van der Waals surface area contributed by atoms with E-state index in [-0.39, 0.29) is 5.60 Å². The third kappa shape index (κ3) is 2.51. The number of benzene rings is 1. The Morgan fingerprint density at radius 3 is 2.47 bits per heavy atom. The molecule has 0 bridgehead atoms. The van der Waals surface area contributed by atoms with Gasteiger partial charge in [-0.05, 0) is 11.6 Å². The zero-order valence-corrected chi connectivity index (χ0v) is 10.9. The summed E-state index contributed by atoms with van der Waals surface area (Å²) < 4.78 is 28.8. The first-order valence-electron chi connectivity index (χ1n) is 5.51. The maximum atomic E-state index is 11.7. The van der Waals surface area contributed by atoms with Gasteiger partial charge in [0.15, 0.2) is 9.84 Å². The Hall–Kier alpha value is -0.910. The van der Waals surface area contributed by atoms with E-state index in [1.807, 2.05) is 12.1 Å². The highest BCUT2D eigenvalue weighted by Crippen LogP contribution is 2.25. The molecule has 1 aromatic rings. The first kappa shape index (κ1) is 12.5. The van der Waals surface area contributed by atoms with Crippen LogP contribution in [0.1, 0.15) is 5.56 Å². The zero-order chi connectivity index (χ0) is 12.5. The minimum Gasteiger partial charge on any atom is -0.375 e. The lowest BCUT2D eigenvalue weighted by atomic mass is 9.89. The van der Waals surface area contributed by atoms with Gasteiger partial charge in [0.1, 0.15) is 0 Å². The number of hydrogen-bond acceptors (Lipinski definition) is 4. The van der Waals surface area contributed by atoms with E-state index in [4.69, 9.17) is 4.74 Å². The second-order valence-electron chi connectivity index (χ2n) is 4.55. The highest BCUT2D eigenvalue weighted by atomic mass is 32.2. The van der Waals surface area contributed by atoms with Crippen molar-refractivity contribution in [2.75, 3.05) is 26.5 Å². The number of hydrogen-bond donors (Lipinski definition) is 1. The number of methoxy groups -OCH3 is 1. The van der Waals surface area contributed by atoms with Crippen molar-refractivity contribution in [1.29, 1.82) is 0 Å².